The molecule has 34 heavy (non-hydrogen) atoms. The number of benzene rings is 2. The number of piperidine rings is 1. The van der Waals surface area contributed by atoms with Crippen molar-refractivity contribution in [2.24, 2.45) is 0 Å². The topological polar surface area (TPSA) is 82.9 Å². The molecule has 1 aliphatic heterocycles. The van der Waals surface area contributed by atoms with Crippen LogP contribution in [-0.4, -0.2) is 67.1 Å². The van der Waals surface area contributed by atoms with Crippen LogP contribution >= 0.6 is 0 Å². The Hall–Kier alpha value is -3.31. The molecule has 4 aromatic rings. The van der Waals surface area contributed by atoms with E-state index in [0.29, 0.717) is 30.0 Å². The van der Waals surface area contributed by atoms with Crippen molar-refractivity contribution in [2.45, 2.75) is 31.0 Å². The average Bonchev–Trinajstić information content (AvgIpc) is 3.46. The number of nitrogens with one attached hydrogen (secondary N) is 1. The van der Waals surface area contributed by atoms with Gasteiger partial charge in [-0.15, -0.1) is 5.10 Å². The largest absolute Gasteiger partial charge is 0.415 e. The Labute approximate surface area is 192 Å². The van der Waals surface area contributed by atoms with E-state index < -0.39 is 12.3 Å². The first kappa shape index (κ1) is 22.5. The lowest BCUT2D eigenvalue weighted by Crippen LogP contribution is -2.43. The van der Waals surface area contributed by atoms with Crippen molar-refractivity contribution < 1.29 is 22.7 Å². The second-order valence-corrected chi connectivity index (χ2v) is 8.53. The van der Waals surface area contributed by atoms with E-state index in [-0.39, 0.29) is 18.3 Å². The Morgan fingerprint density at radius 3 is 2.53 bits per heavy atom. The van der Waals surface area contributed by atoms with Gasteiger partial charge in [-0.25, -0.2) is 9.07 Å². The van der Waals surface area contributed by atoms with E-state index in [1.165, 1.54) is 12.1 Å². The van der Waals surface area contributed by atoms with Crippen LogP contribution in [0.3, 0.4) is 0 Å². The van der Waals surface area contributed by atoms with Crippen molar-refractivity contribution in [2.75, 3.05) is 19.6 Å². The number of likely N-dealkylation sites (tertiary alicyclic amines) is 1. The zero-order valence-electron chi connectivity index (χ0n) is 18.0. The standard InChI is InChI=1S/C23H22F4N6O/c24-16-3-6-18-19(11-16)28-30-22(18)20-12-33(31-29-20)17-4-1-14(2-5-17)15-7-9-32(10-8-15)13-21(34)23(25,26)27/h1-6,11-12,15,21,34H,7-10,13H2,(H,28,30). The van der Waals surface area contributed by atoms with Crippen LogP contribution in [0.2, 0.25) is 0 Å². The third kappa shape index (κ3) is 4.53. The number of aliphatic hydroxyl groups excluding tert-OH is 1. The molecule has 3 heterocycles. The molecule has 0 radical (unpaired) electrons. The summed E-state index contributed by atoms with van der Waals surface area (Å²) in [4.78, 5) is 1.66. The summed E-state index contributed by atoms with van der Waals surface area (Å²) in [6.07, 6.45) is -3.69. The number of hydrogen-bond acceptors (Lipinski definition) is 5. The lowest BCUT2D eigenvalue weighted by atomic mass is 9.89. The molecule has 2 aromatic carbocycles. The molecule has 1 fully saturated rings. The van der Waals surface area contributed by atoms with Crippen molar-refractivity contribution in [3.8, 4) is 17.1 Å². The number of rotatable bonds is 5. The van der Waals surface area contributed by atoms with E-state index >= 15 is 0 Å². The minimum atomic E-state index is -4.59. The van der Waals surface area contributed by atoms with Gasteiger partial charge in [-0.2, -0.15) is 18.3 Å². The van der Waals surface area contributed by atoms with E-state index in [1.807, 2.05) is 24.3 Å². The van der Waals surface area contributed by atoms with E-state index in [2.05, 4.69) is 20.5 Å². The number of alkyl halides is 3. The number of H-pyrrole nitrogens is 1. The predicted molar refractivity (Wildman–Crippen MR) is 117 cm³/mol. The predicted octanol–water partition coefficient (Wildman–Crippen LogP) is 4.05. The van der Waals surface area contributed by atoms with E-state index in [4.69, 9.17) is 0 Å². The van der Waals surface area contributed by atoms with Crippen molar-refractivity contribution in [3.05, 3.63) is 60.0 Å². The summed E-state index contributed by atoms with van der Waals surface area (Å²) in [5, 5.41) is 25.5. The molecular formula is C23H22F4N6O. The van der Waals surface area contributed by atoms with Gasteiger partial charge in [-0.05, 0) is 67.7 Å². The van der Waals surface area contributed by atoms with Crippen LogP contribution in [0.4, 0.5) is 17.6 Å². The van der Waals surface area contributed by atoms with Crippen LogP contribution in [0, 0.1) is 5.82 Å². The Balaban J connectivity index is 1.24. The van der Waals surface area contributed by atoms with Crippen molar-refractivity contribution in [1.29, 1.82) is 0 Å². The quantitative estimate of drug-likeness (QED) is 0.427. The monoisotopic (exact) mass is 474 g/mol. The summed E-state index contributed by atoms with van der Waals surface area (Å²) in [7, 11) is 0. The second-order valence-electron chi connectivity index (χ2n) is 8.53. The molecule has 0 amide bonds. The number of aromatic amines is 1. The van der Waals surface area contributed by atoms with E-state index in [0.717, 1.165) is 29.5 Å². The highest BCUT2D eigenvalue weighted by Crippen LogP contribution is 2.30. The van der Waals surface area contributed by atoms with E-state index in [9.17, 15) is 22.7 Å². The molecule has 7 nitrogen and oxygen atoms in total. The minimum Gasteiger partial charge on any atom is -0.382 e. The minimum absolute atomic E-state index is 0.246. The van der Waals surface area contributed by atoms with Gasteiger partial charge in [-0.1, -0.05) is 17.3 Å². The Morgan fingerprint density at radius 2 is 1.82 bits per heavy atom. The van der Waals surface area contributed by atoms with Crippen LogP contribution in [-0.2, 0) is 0 Å². The molecular weight excluding hydrogens is 452 g/mol. The summed E-state index contributed by atoms with van der Waals surface area (Å²) >= 11 is 0. The van der Waals surface area contributed by atoms with Gasteiger partial charge in [0.2, 0.25) is 0 Å². The fraction of sp³-hybridized carbons (Fsp3) is 0.348. The molecule has 1 aliphatic rings. The van der Waals surface area contributed by atoms with Gasteiger partial charge < -0.3 is 10.0 Å². The summed E-state index contributed by atoms with van der Waals surface area (Å²) < 4.78 is 52.8. The van der Waals surface area contributed by atoms with Crippen LogP contribution < -0.4 is 0 Å². The lowest BCUT2D eigenvalue weighted by Gasteiger charge is -2.33. The number of nitrogens with zero attached hydrogens (tertiary/aromatic N) is 5. The summed E-state index contributed by atoms with van der Waals surface area (Å²) in [6.45, 7) is 0.630. The highest BCUT2D eigenvalue weighted by atomic mass is 19.4. The van der Waals surface area contributed by atoms with Crippen molar-refractivity contribution >= 4 is 10.9 Å². The van der Waals surface area contributed by atoms with Crippen molar-refractivity contribution in [1.82, 2.24) is 30.1 Å². The van der Waals surface area contributed by atoms with Gasteiger partial charge in [0.1, 0.15) is 17.2 Å². The molecule has 178 valence electrons. The van der Waals surface area contributed by atoms with Crippen LogP contribution in [0.25, 0.3) is 28.0 Å². The SMILES string of the molecule is OC(CN1CCC(c2ccc(-n3cc(-c4n[nH]c5cc(F)ccc45)nn3)cc2)CC1)C(F)(F)F. The van der Waals surface area contributed by atoms with Crippen LogP contribution in [0.1, 0.15) is 24.3 Å². The molecule has 2 N–H and O–H groups in total. The maximum atomic E-state index is 13.4. The first-order valence-corrected chi connectivity index (χ1v) is 10.9. The molecule has 11 heteroatoms. The van der Waals surface area contributed by atoms with Crippen molar-refractivity contribution in [3.63, 3.8) is 0 Å². The van der Waals surface area contributed by atoms with Gasteiger partial charge in [0.25, 0.3) is 0 Å². The molecule has 2 aromatic heterocycles. The molecule has 1 atom stereocenters. The van der Waals surface area contributed by atoms with Gasteiger partial charge in [-0.3, -0.25) is 5.10 Å². The summed E-state index contributed by atoms with van der Waals surface area (Å²) in [6, 6.07) is 12.2. The molecule has 0 saturated carbocycles. The third-order valence-electron chi connectivity index (χ3n) is 6.29. The summed E-state index contributed by atoms with van der Waals surface area (Å²) in [5.41, 5.74) is 3.63. The number of hydrogen-bond donors (Lipinski definition) is 2. The second kappa shape index (κ2) is 8.80. The maximum Gasteiger partial charge on any atom is 0.415 e. The molecule has 5 rings (SSSR count). The fourth-order valence-corrected chi connectivity index (χ4v) is 4.38. The smallest absolute Gasteiger partial charge is 0.382 e. The molecule has 1 saturated heterocycles. The van der Waals surface area contributed by atoms with Gasteiger partial charge in [0.15, 0.2) is 6.10 Å². The first-order chi connectivity index (χ1) is 16.3. The third-order valence-corrected chi connectivity index (χ3v) is 6.29. The number of fused-ring (bicyclic) bond motifs is 1. The van der Waals surface area contributed by atoms with Gasteiger partial charge in [0, 0.05) is 11.9 Å². The molecule has 0 aliphatic carbocycles. The number of halogens is 4. The normalized spacial score (nSPS) is 16.9. The van der Waals surface area contributed by atoms with Gasteiger partial charge >= 0.3 is 6.18 Å². The number of aromatic nitrogens is 5. The Morgan fingerprint density at radius 1 is 1.09 bits per heavy atom. The highest BCUT2D eigenvalue weighted by molar-refractivity contribution is 5.91. The number of aliphatic hydroxyl groups is 1. The summed E-state index contributed by atoms with van der Waals surface area (Å²) in [5.74, 6) is -0.105. The maximum absolute atomic E-state index is 13.4. The first-order valence-electron chi connectivity index (χ1n) is 10.9. The zero-order valence-corrected chi connectivity index (χ0v) is 18.0. The zero-order chi connectivity index (χ0) is 23.9. The molecule has 0 bridgehead atoms. The van der Waals surface area contributed by atoms with Crippen LogP contribution in [0.15, 0.2) is 48.7 Å². The number of β-amino-alcohol motifs (C(OH)–C–C–N with tert-alkyl or cyclic N) is 1. The molecule has 0 spiro atoms. The highest BCUT2D eigenvalue weighted by Gasteiger charge is 2.39. The lowest BCUT2D eigenvalue weighted by molar-refractivity contribution is -0.208. The molecule has 1 unspecified atom stereocenters. The fourth-order valence-electron chi connectivity index (χ4n) is 4.38. The van der Waals surface area contributed by atoms with Gasteiger partial charge in [0.05, 0.1) is 17.4 Å². The Bertz CT molecular complexity index is 1270. The van der Waals surface area contributed by atoms with Crippen LogP contribution in [0.5, 0.6) is 0 Å². The van der Waals surface area contributed by atoms with E-state index in [1.54, 1.807) is 21.8 Å². The Kier molecular flexibility index (Phi) is 5.82. The average molecular weight is 474 g/mol.